The third-order valence-electron chi connectivity index (χ3n) is 5.29. The zero-order valence-electron chi connectivity index (χ0n) is 12.6. The molecule has 3 rings (SSSR count). The molecule has 0 heterocycles. The summed E-state index contributed by atoms with van der Waals surface area (Å²) in [5, 5.41) is 0. The van der Waals surface area contributed by atoms with Gasteiger partial charge in [-0.05, 0) is 54.9 Å². The average Bonchev–Trinajstić information content (AvgIpc) is 2.81. The fourth-order valence-electron chi connectivity index (χ4n) is 4.14. The lowest BCUT2D eigenvalue weighted by Crippen LogP contribution is -2.37. The van der Waals surface area contributed by atoms with Gasteiger partial charge >= 0.3 is 0 Å². The minimum Gasteiger partial charge on any atom is -0.497 e. The van der Waals surface area contributed by atoms with E-state index in [4.69, 9.17) is 14.2 Å². The van der Waals surface area contributed by atoms with Crippen LogP contribution >= 0.6 is 0 Å². The zero-order valence-corrected chi connectivity index (χ0v) is 12.6. The first-order valence-corrected chi connectivity index (χ1v) is 7.46. The molecule has 0 amide bonds. The second-order valence-electron chi connectivity index (χ2n) is 6.26. The van der Waals surface area contributed by atoms with E-state index >= 15 is 0 Å². The number of benzene rings is 1. The number of rotatable bonds is 4. The molecule has 3 atom stereocenters. The Bertz CT molecular complexity index is 485. The van der Waals surface area contributed by atoms with E-state index in [2.05, 4.69) is 25.1 Å². The van der Waals surface area contributed by atoms with Gasteiger partial charge in [-0.2, -0.15) is 0 Å². The molecule has 0 bridgehead atoms. The van der Waals surface area contributed by atoms with Crippen LogP contribution in [0, 0.1) is 5.41 Å². The summed E-state index contributed by atoms with van der Waals surface area (Å²) >= 11 is 0. The summed E-state index contributed by atoms with van der Waals surface area (Å²) in [5.41, 5.74) is 3.21. The number of aryl methyl sites for hydroxylation is 1. The van der Waals surface area contributed by atoms with Gasteiger partial charge < -0.3 is 14.2 Å². The van der Waals surface area contributed by atoms with E-state index in [1.54, 1.807) is 14.2 Å². The fourth-order valence-corrected chi connectivity index (χ4v) is 4.14. The highest BCUT2D eigenvalue weighted by Gasteiger charge is 2.50. The standard InChI is InChI=1S/C17H24O3/c1-17-9-8-12-10-13(19-3)4-5-14(12)15(17)6-7-16(17)20-11-18-2/h4-5,10,15-16H,6-9,11H2,1-3H3/t15-,16-,17-/m1/s1. The Balaban J connectivity index is 1.87. The normalized spacial score (nSPS) is 31.8. The smallest absolute Gasteiger partial charge is 0.146 e. The van der Waals surface area contributed by atoms with Crippen molar-refractivity contribution in [2.75, 3.05) is 21.0 Å². The van der Waals surface area contributed by atoms with Crippen molar-refractivity contribution in [3.63, 3.8) is 0 Å². The van der Waals surface area contributed by atoms with Crippen LogP contribution in [-0.4, -0.2) is 27.1 Å². The van der Waals surface area contributed by atoms with Gasteiger partial charge in [-0.1, -0.05) is 13.0 Å². The maximum Gasteiger partial charge on any atom is 0.146 e. The molecule has 2 aliphatic carbocycles. The minimum atomic E-state index is 0.250. The summed E-state index contributed by atoms with van der Waals surface area (Å²) in [7, 11) is 3.43. The Hall–Kier alpha value is -1.06. The van der Waals surface area contributed by atoms with Crippen LogP contribution in [0.15, 0.2) is 18.2 Å². The first-order valence-electron chi connectivity index (χ1n) is 7.46. The maximum absolute atomic E-state index is 5.94. The van der Waals surface area contributed by atoms with Gasteiger partial charge in [-0.3, -0.25) is 0 Å². The lowest BCUT2D eigenvalue weighted by molar-refractivity contribution is -0.109. The maximum atomic E-state index is 5.94. The molecular weight excluding hydrogens is 252 g/mol. The molecule has 0 saturated heterocycles. The summed E-state index contributed by atoms with van der Waals surface area (Å²) in [6, 6.07) is 6.56. The summed E-state index contributed by atoms with van der Waals surface area (Å²) in [6.45, 7) is 2.79. The molecule has 1 aromatic carbocycles. The van der Waals surface area contributed by atoms with Gasteiger partial charge in [0.2, 0.25) is 0 Å². The molecule has 0 spiro atoms. The van der Waals surface area contributed by atoms with Crippen molar-refractivity contribution in [3.8, 4) is 5.75 Å². The first-order chi connectivity index (χ1) is 9.69. The molecule has 0 radical (unpaired) electrons. The molecule has 3 nitrogen and oxygen atoms in total. The molecule has 0 aromatic heterocycles. The van der Waals surface area contributed by atoms with Gasteiger partial charge in [0, 0.05) is 12.5 Å². The molecular formula is C17H24O3. The summed E-state index contributed by atoms with van der Waals surface area (Å²) in [4.78, 5) is 0. The highest BCUT2D eigenvalue weighted by molar-refractivity contribution is 5.41. The first kappa shape index (κ1) is 13.9. The topological polar surface area (TPSA) is 27.7 Å². The van der Waals surface area contributed by atoms with Crippen LogP contribution in [0.25, 0.3) is 0 Å². The molecule has 20 heavy (non-hydrogen) atoms. The lowest BCUT2D eigenvalue weighted by atomic mass is 9.66. The number of ether oxygens (including phenoxy) is 3. The number of hydrogen-bond acceptors (Lipinski definition) is 3. The molecule has 1 fully saturated rings. The van der Waals surface area contributed by atoms with E-state index in [0.29, 0.717) is 18.8 Å². The predicted molar refractivity (Wildman–Crippen MR) is 78.1 cm³/mol. The van der Waals surface area contributed by atoms with Crippen molar-refractivity contribution < 1.29 is 14.2 Å². The number of fused-ring (bicyclic) bond motifs is 3. The van der Waals surface area contributed by atoms with Crippen LogP contribution in [0.2, 0.25) is 0 Å². The van der Waals surface area contributed by atoms with E-state index in [-0.39, 0.29) is 5.41 Å². The lowest BCUT2D eigenvalue weighted by Gasteiger charge is -2.41. The van der Waals surface area contributed by atoms with Crippen molar-refractivity contribution >= 4 is 0 Å². The van der Waals surface area contributed by atoms with Gasteiger partial charge in [-0.25, -0.2) is 0 Å². The van der Waals surface area contributed by atoms with Crippen LogP contribution in [0.1, 0.15) is 43.2 Å². The van der Waals surface area contributed by atoms with Gasteiger partial charge in [0.1, 0.15) is 12.5 Å². The van der Waals surface area contributed by atoms with Gasteiger partial charge in [0.15, 0.2) is 0 Å². The molecule has 1 aromatic rings. The Morgan fingerprint density at radius 3 is 2.85 bits per heavy atom. The highest BCUT2D eigenvalue weighted by atomic mass is 16.7. The SMILES string of the molecule is COCO[C@@H]1CC[C@@H]2c3ccc(OC)cc3CC[C@]21C. The third-order valence-corrected chi connectivity index (χ3v) is 5.29. The summed E-state index contributed by atoms with van der Waals surface area (Å²) < 4.78 is 16.4. The highest BCUT2D eigenvalue weighted by Crippen LogP contribution is 2.56. The van der Waals surface area contributed by atoms with Crippen molar-refractivity contribution in [1.29, 1.82) is 0 Å². The third kappa shape index (κ3) is 2.13. The van der Waals surface area contributed by atoms with Crippen LogP contribution in [0.3, 0.4) is 0 Å². The van der Waals surface area contributed by atoms with Crippen molar-refractivity contribution in [2.45, 2.75) is 44.6 Å². The van der Waals surface area contributed by atoms with E-state index in [1.807, 2.05) is 0 Å². The molecule has 0 N–H and O–H groups in total. The largest absolute Gasteiger partial charge is 0.497 e. The van der Waals surface area contributed by atoms with Crippen LogP contribution < -0.4 is 4.74 Å². The van der Waals surface area contributed by atoms with Gasteiger partial charge in [0.25, 0.3) is 0 Å². The average molecular weight is 276 g/mol. The van der Waals surface area contributed by atoms with Gasteiger partial charge in [-0.15, -0.1) is 0 Å². The van der Waals surface area contributed by atoms with E-state index in [9.17, 15) is 0 Å². The Morgan fingerprint density at radius 2 is 2.10 bits per heavy atom. The summed E-state index contributed by atoms with van der Waals surface area (Å²) in [5.74, 6) is 1.58. The summed E-state index contributed by atoms with van der Waals surface area (Å²) in [6.07, 6.45) is 4.97. The zero-order chi connectivity index (χ0) is 14.2. The van der Waals surface area contributed by atoms with Crippen LogP contribution in [0.5, 0.6) is 5.75 Å². The Kier molecular flexibility index (Phi) is 3.74. The molecule has 1 saturated carbocycles. The number of methoxy groups -OCH3 is 2. The van der Waals surface area contributed by atoms with E-state index in [1.165, 1.54) is 24.0 Å². The molecule has 0 aliphatic heterocycles. The monoisotopic (exact) mass is 276 g/mol. The Labute approximate surface area is 121 Å². The molecule has 2 aliphatic rings. The van der Waals surface area contributed by atoms with Crippen molar-refractivity contribution in [2.24, 2.45) is 5.41 Å². The molecule has 3 heteroatoms. The van der Waals surface area contributed by atoms with Crippen molar-refractivity contribution in [3.05, 3.63) is 29.3 Å². The molecule has 110 valence electrons. The molecule has 0 unspecified atom stereocenters. The predicted octanol–water partition coefficient (Wildman–Crippen LogP) is 3.51. The van der Waals surface area contributed by atoms with Crippen LogP contribution in [-0.2, 0) is 15.9 Å². The van der Waals surface area contributed by atoms with Gasteiger partial charge in [0.05, 0.1) is 13.2 Å². The fraction of sp³-hybridized carbons (Fsp3) is 0.647. The second-order valence-corrected chi connectivity index (χ2v) is 6.26. The second kappa shape index (κ2) is 5.38. The van der Waals surface area contributed by atoms with Crippen LogP contribution in [0.4, 0.5) is 0 Å². The number of hydrogen-bond donors (Lipinski definition) is 0. The van der Waals surface area contributed by atoms with E-state index in [0.717, 1.165) is 18.6 Å². The Morgan fingerprint density at radius 1 is 1.25 bits per heavy atom. The van der Waals surface area contributed by atoms with Crippen molar-refractivity contribution in [1.82, 2.24) is 0 Å². The quantitative estimate of drug-likeness (QED) is 0.788. The minimum absolute atomic E-state index is 0.250. The van der Waals surface area contributed by atoms with E-state index < -0.39 is 0 Å².